The minimum atomic E-state index is -0.190. The third kappa shape index (κ3) is 4.13. The van der Waals surface area contributed by atoms with Crippen molar-refractivity contribution in [1.82, 2.24) is 9.55 Å². The van der Waals surface area contributed by atoms with Gasteiger partial charge in [0.25, 0.3) is 0 Å². The molecule has 0 N–H and O–H groups in total. The van der Waals surface area contributed by atoms with Crippen molar-refractivity contribution in [2.75, 3.05) is 17.9 Å². The third-order valence-electron chi connectivity index (χ3n) is 3.66. The number of aryl methyl sites for hydroxylation is 3. The van der Waals surface area contributed by atoms with Crippen molar-refractivity contribution in [3.8, 4) is 0 Å². The molecule has 0 aliphatic rings. The van der Waals surface area contributed by atoms with Crippen molar-refractivity contribution in [3.63, 3.8) is 0 Å². The molecular weight excluding hydrogens is 307 g/mol. The van der Waals surface area contributed by atoms with E-state index in [-0.39, 0.29) is 5.82 Å². The number of unbranched alkanes of at least 4 members (excludes halogenated alkanes) is 2. The molecule has 0 aliphatic heterocycles. The molecule has 116 valence electrons. The maximum Gasteiger partial charge on any atom is 0.128 e. The van der Waals surface area contributed by atoms with E-state index in [1.807, 2.05) is 17.8 Å². The molecule has 0 bridgehead atoms. The molecule has 0 saturated carbocycles. The zero-order valence-electron chi connectivity index (χ0n) is 12.7. The molecule has 2 rings (SSSR count). The number of aromatic nitrogens is 2. The summed E-state index contributed by atoms with van der Waals surface area (Å²) in [4.78, 5) is 4.55. The molecule has 1 aromatic carbocycles. The molecule has 0 saturated heterocycles. The Morgan fingerprint density at radius 2 is 2.10 bits per heavy atom. The van der Waals surface area contributed by atoms with Gasteiger partial charge in [-0.05, 0) is 43.4 Å². The van der Waals surface area contributed by atoms with Crippen molar-refractivity contribution >= 4 is 34.4 Å². The van der Waals surface area contributed by atoms with Crippen molar-refractivity contribution in [2.24, 2.45) is 0 Å². The van der Waals surface area contributed by atoms with Crippen molar-refractivity contribution in [3.05, 3.63) is 29.3 Å². The number of fused-ring (bicyclic) bond motifs is 1. The first-order valence-corrected chi connectivity index (χ1v) is 9.30. The van der Waals surface area contributed by atoms with Gasteiger partial charge < -0.3 is 4.57 Å². The SMILES string of the molecule is CSCCCCCn1c(CCCl)nc2cc(F)c(C)cc21. The summed E-state index contributed by atoms with van der Waals surface area (Å²) in [6, 6.07) is 3.43. The number of rotatable bonds is 8. The van der Waals surface area contributed by atoms with E-state index >= 15 is 0 Å². The van der Waals surface area contributed by atoms with E-state index < -0.39 is 0 Å². The van der Waals surface area contributed by atoms with Gasteiger partial charge in [0.2, 0.25) is 0 Å². The van der Waals surface area contributed by atoms with Crippen LogP contribution in [-0.2, 0) is 13.0 Å². The predicted octanol–water partition coefficient (Wildman–Crippen LogP) is 4.80. The van der Waals surface area contributed by atoms with Crippen LogP contribution in [0.3, 0.4) is 0 Å². The van der Waals surface area contributed by atoms with Crippen molar-refractivity contribution < 1.29 is 4.39 Å². The summed E-state index contributed by atoms with van der Waals surface area (Å²) in [6.45, 7) is 2.73. The van der Waals surface area contributed by atoms with E-state index in [0.717, 1.165) is 36.2 Å². The van der Waals surface area contributed by atoms with Gasteiger partial charge in [-0.3, -0.25) is 0 Å². The Morgan fingerprint density at radius 1 is 1.29 bits per heavy atom. The highest BCUT2D eigenvalue weighted by Crippen LogP contribution is 2.22. The molecule has 0 amide bonds. The largest absolute Gasteiger partial charge is 0.328 e. The average Bonchev–Trinajstić information content (AvgIpc) is 2.77. The minimum Gasteiger partial charge on any atom is -0.328 e. The molecule has 0 aliphatic carbocycles. The molecule has 1 aromatic heterocycles. The number of nitrogens with zero attached hydrogens (tertiary/aromatic N) is 2. The lowest BCUT2D eigenvalue weighted by Crippen LogP contribution is -2.05. The molecule has 0 fully saturated rings. The summed E-state index contributed by atoms with van der Waals surface area (Å²) in [7, 11) is 0. The fraction of sp³-hybridized carbons (Fsp3) is 0.562. The summed E-state index contributed by atoms with van der Waals surface area (Å²) in [5, 5.41) is 0. The van der Waals surface area contributed by atoms with Crippen LogP contribution in [-0.4, -0.2) is 27.4 Å². The Balaban J connectivity index is 2.21. The van der Waals surface area contributed by atoms with Gasteiger partial charge in [-0.2, -0.15) is 11.8 Å². The molecule has 2 nitrogen and oxygen atoms in total. The quantitative estimate of drug-likeness (QED) is 0.512. The molecule has 0 radical (unpaired) electrons. The highest BCUT2D eigenvalue weighted by Gasteiger charge is 2.12. The molecule has 21 heavy (non-hydrogen) atoms. The van der Waals surface area contributed by atoms with E-state index in [2.05, 4.69) is 15.8 Å². The highest BCUT2D eigenvalue weighted by molar-refractivity contribution is 7.98. The standard InChI is InChI=1S/C16H22ClFN2S/c1-12-10-15-14(11-13(12)18)19-16(6-7-17)20(15)8-4-3-5-9-21-2/h10-11H,3-9H2,1-2H3. The summed E-state index contributed by atoms with van der Waals surface area (Å²) in [5.74, 6) is 2.53. The molecule has 1 heterocycles. The van der Waals surface area contributed by atoms with Crippen LogP contribution in [0.4, 0.5) is 4.39 Å². The summed E-state index contributed by atoms with van der Waals surface area (Å²) in [5.41, 5.74) is 2.43. The third-order valence-corrected chi connectivity index (χ3v) is 4.54. The first-order valence-electron chi connectivity index (χ1n) is 7.37. The number of alkyl halides is 1. The minimum absolute atomic E-state index is 0.190. The van der Waals surface area contributed by atoms with E-state index in [9.17, 15) is 4.39 Å². The van der Waals surface area contributed by atoms with Gasteiger partial charge in [-0.1, -0.05) is 6.42 Å². The van der Waals surface area contributed by atoms with Gasteiger partial charge in [0.05, 0.1) is 11.0 Å². The Hall–Kier alpha value is -0.740. The first-order chi connectivity index (χ1) is 10.2. The van der Waals surface area contributed by atoms with Gasteiger partial charge in [0.15, 0.2) is 0 Å². The second-order valence-electron chi connectivity index (χ2n) is 5.26. The second kappa shape index (κ2) is 8.04. The maximum absolute atomic E-state index is 13.7. The first kappa shape index (κ1) is 16.6. The van der Waals surface area contributed by atoms with E-state index in [4.69, 9.17) is 11.6 Å². The summed E-state index contributed by atoms with van der Waals surface area (Å²) < 4.78 is 15.9. The number of benzene rings is 1. The average molecular weight is 329 g/mol. The number of thioether (sulfide) groups is 1. The van der Waals surface area contributed by atoms with Crippen LogP contribution in [0.15, 0.2) is 12.1 Å². The van der Waals surface area contributed by atoms with Crippen molar-refractivity contribution in [2.45, 2.75) is 39.2 Å². The van der Waals surface area contributed by atoms with Crippen LogP contribution in [0.5, 0.6) is 0 Å². The van der Waals surface area contributed by atoms with E-state index in [0.29, 0.717) is 11.4 Å². The van der Waals surface area contributed by atoms with Crippen LogP contribution in [0.25, 0.3) is 11.0 Å². The molecule has 2 aromatic rings. The lowest BCUT2D eigenvalue weighted by Gasteiger charge is -2.09. The van der Waals surface area contributed by atoms with Crippen LogP contribution in [0, 0.1) is 12.7 Å². The fourth-order valence-electron chi connectivity index (χ4n) is 2.52. The van der Waals surface area contributed by atoms with Gasteiger partial charge in [-0.25, -0.2) is 9.37 Å². The van der Waals surface area contributed by atoms with Crippen molar-refractivity contribution in [1.29, 1.82) is 0 Å². The summed E-state index contributed by atoms with van der Waals surface area (Å²) >= 11 is 7.76. The lowest BCUT2D eigenvalue weighted by atomic mass is 10.2. The number of hydrogen-bond donors (Lipinski definition) is 0. The molecule has 5 heteroatoms. The topological polar surface area (TPSA) is 17.8 Å². The second-order valence-corrected chi connectivity index (χ2v) is 6.63. The molecule has 0 unspecified atom stereocenters. The lowest BCUT2D eigenvalue weighted by molar-refractivity contribution is 0.595. The fourth-order valence-corrected chi connectivity index (χ4v) is 3.18. The van der Waals surface area contributed by atoms with Gasteiger partial charge >= 0.3 is 0 Å². The zero-order chi connectivity index (χ0) is 15.2. The molecule has 0 atom stereocenters. The van der Waals surface area contributed by atoms with Crippen LogP contribution in [0.2, 0.25) is 0 Å². The Morgan fingerprint density at radius 3 is 2.81 bits per heavy atom. The van der Waals surface area contributed by atoms with Gasteiger partial charge in [0, 0.05) is 24.9 Å². The van der Waals surface area contributed by atoms with Crippen LogP contribution in [0.1, 0.15) is 30.7 Å². The predicted molar refractivity (Wildman–Crippen MR) is 91.1 cm³/mol. The maximum atomic E-state index is 13.7. The number of imidazole rings is 1. The van der Waals surface area contributed by atoms with E-state index in [1.165, 1.54) is 24.7 Å². The van der Waals surface area contributed by atoms with Gasteiger partial charge in [-0.15, -0.1) is 11.6 Å². The van der Waals surface area contributed by atoms with Crippen LogP contribution >= 0.6 is 23.4 Å². The Bertz CT molecular complexity index is 597. The molecule has 0 spiro atoms. The molecular formula is C16H22ClFN2S. The van der Waals surface area contributed by atoms with E-state index in [1.54, 1.807) is 6.92 Å². The number of halogens is 2. The highest BCUT2D eigenvalue weighted by atomic mass is 35.5. The van der Waals surface area contributed by atoms with Gasteiger partial charge in [0.1, 0.15) is 11.6 Å². The smallest absolute Gasteiger partial charge is 0.128 e. The summed E-state index contributed by atoms with van der Waals surface area (Å²) in [6.07, 6.45) is 6.44. The monoisotopic (exact) mass is 328 g/mol. The van der Waals surface area contributed by atoms with Crippen LogP contribution < -0.4 is 0 Å². The Labute approximate surface area is 135 Å². The normalized spacial score (nSPS) is 11.4. The zero-order valence-corrected chi connectivity index (χ0v) is 14.2. The number of hydrogen-bond acceptors (Lipinski definition) is 2. The Kier molecular flexibility index (Phi) is 6.37.